The molecule has 7 heteroatoms. The number of carbonyl (C=O) groups excluding carboxylic acids is 2. The van der Waals surface area contributed by atoms with Crippen LogP contribution in [0.5, 0.6) is 5.75 Å². The second-order valence-electron chi connectivity index (χ2n) is 8.28. The molecule has 1 aliphatic heterocycles. The Morgan fingerprint density at radius 3 is 2.45 bits per heavy atom. The number of nitrogens with zero attached hydrogens (tertiary/aromatic N) is 3. The maximum absolute atomic E-state index is 12.9. The molecule has 1 atom stereocenters. The van der Waals surface area contributed by atoms with Gasteiger partial charge in [0.25, 0.3) is 11.7 Å². The van der Waals surface area contributed by atoms with Crippen molar-refractivity contribution in [2.75, 3.05) is 33.8 Å². The van der Waals surface area contributed by atoms with Gasteiger partial charge in [-0.1, -0.05) is 19.9 Å². The fraction of sp³-hybridized carbons (Fsp3) is 0.375. The highest BCUT2D eigenvalue weighted by Gasteiger charge is 2.46. The highest BCUT2D eigenvalue weighted by atomic mass is 16.5. The highest BCUT2D eigenvalue weighted by Crippen LogP contribution is 2.38. The van der Waals surface area contributed by atoms with Gasteiger partial charge in [0.2, 0.25) is 0 Å². The molecule has 1 aromatic heterocycles. The molecule has 0 radical (unpaired) electrons. The quantitative estimate of drug-likeness (QED) is 0.399. The number of likely N-dealkylation sites (tertiary alicyclic amines) is 1. The Hall–Kier alpha value is -3.19. The Labute approximate surface area is 183 Å². The van der Waals surface area contributed by atoms with Crippen LogP contribution < -0.4 is 4.74 Å². The lowest BCUT2D eigenvalue weighted by atomic mass is 9.98. The van der Waals surface area contributed by atoms with Crippen LogP contribution in [-0.2, 0) is 9.59 Å². The Bertz CT molecular complexity index is 953. The number of rotatable bonds is 8. The van der Waals surface area contributed by atoms with Gasteiger partial charge in [0.15, 0.2) is 0 Å². The van der Waals surface area contributed by atoms with E-state index in [1.807, 2.05) is 19.0 Å². The molecule has 1 amide bonds. The summed E-state index contributed by atoms with van der Waals surface area (Å²) in [5, 5.41) is 11.0. The Kier molecular flexibility index (Phi) is 7.07. The van der Waals surface area contributed by atoms with Crippen molar-refractivity contribution in [1.29, 1.82) is 0 Å². The number of pyridine rings is 1. The molecule has 1 saturated heterocycles. The zero-order valence-corrected chi connectivity index (χ0v) is 18.4. The van der Waals surface area contributed by atoms with Crippen molar-refractivity contribution >= 4 is 17.4 Å². The number of benzene rings is 1. The summed E-state index contributed by atoms with van der Waals surface area (Å²) in [4.78, 5) is 33.5. The zero-order chi connectivity index (χ0) is 22.5. The second kappa shape index (κ2) is 9.75. The SMILES string of the molecule is CC(C)COc1ccc(/C(O)=C2/C(=O)C(=O)N(CCN(C)C)C2c2ccccn2)cc1. The van der Waals surface area contributed by atoms with E-state index in [-0.39, 0.29) is 11.3 Å². The summed E-state index contributed by atoms with van der Waals surface area (Å²) in [5.74, 6) is -0.470. The van der Waals surface area contributed by atoms with Crippen LogP contribution in [0.4, 0.5) is 0 Å². The van der Waals surface area contributed by atoms with E-state index in [0.29, 0.717) is 42.6 Å². The summed E-state index contributed by atoms with van der Waals surface area (Å²) in [6.45, 7) is 5.64. The summed E-state index contributed by atoms with van der Waals surface area (Å²) in [6, 6.07) is 11.5. The first-order valence-corrected chi connectivity index (χ1v) is 10.4. The smallest absolute Gasteiger partial charge is 0.295 e. The number of hydrogen-bond donors (Lipinski definition) is 1. The molecule has 1 N–H and O–H groups in total. The lowest BCUT2D eigenvalue weighted by Crippen LogP contribution is -2.35. The first-order chi connectivity index (χ1) is 14.8. The van der Waals surface area contributed by atoms with Crippen molar-refractivity contribution in [2.24, 2.45) is 5.92 Å². The van der Waals surface area contributed by atoms with E-state index in [0.717, 1.165) is 0 Å². The molecule has 2 aromatic rings. The molecule has 1 unspecified atom stereocenters. The van der Waals surface area contributed by atoms with E-state index in [2.05, 4.69) is 18.8 Å². The van der Waals surface area contributed by atoms with Crippen LogP contribution in [0, 0.1) is 5.92 Å². The average molecular weight is 424 g/mol. The molecule has 0 spiro atoms. The van der Waals surface area contributed by atoms with Crippen LogP contribution in [0.1, 0.15) is 31.1 Å². The molecular weight excluding hydrogens is 394 g/mol. The molecule has 1 aromatic carbocycles. The zero-order valence-electron chi connectivity index (χ0n) is 18.4. The number of carbonyl (C=O) groups is 2. The topological polar surface area (TPSA) is 83.0 Å². The molecule has 164 valence electrons. The van der Waals surface area contributed by atoms with E-state index >= 15 is 0 Å². The minimum Gasteiger partial charge on any atom is -0.507 e. The van der Waals surface area contributed by atoms with E-state index < -0.39 is 17.7 Å². The molecule has 1 aliphatic rings. The molecule has 0 aliphatic carbocycles. The number of hydrogen-bond acceptors (Lipinski definition) is 6. The van der Waals surface area contributed by atoms with Gasteiger partial charge in [-0.3, -0.25) is 14.6 Å². The number of ketones is 1. The Morgan fingerprint density at radius 1 is 1.16 bits per heavy atom. The third-order valence-electron chi connectivity index (χ3n) is 5.01. The Morgan fingerprint density at radius 2 is 1.87 bits per heavy atom. The molecule has 2 heterocycles. The van der Waals surface area contributed by atoms with Gasteiger partial charge >= 0.3 is 0 Å². The second-order valence-corrected chi connectivity index (χ2v) is 8.28. The lowest BCUT2D eigenvalue weighted by Gasteiger charge is -2.25. The predicted octanol–water partition coefficient (Wildman–Crippen LogP) is 3.10. The number of likely N-dealkylation sites (N-methyl/N-ethyl adjacent to an activating group) is 1. The third-order valence-corrected chi connectivity index (χ3v) is 5.01. The van der Waals surface area contributed by atoms with Gasteiger partial charge in [-0.05, 0) is 56.4 Å². The van der Waals surface area contributed by atoms with E-state index in [4.69, 9.17) is 4.74 Å². The fourth-order valence-electron chi connectivity index (χ4n) is 3.39. The van der Waals surface area contributed by atoms with Gasteiger partial charge in [-0.15, -0.1) is 0 Å². The fourth-order valence-corrected chi connectivity index (χ4v) is 3.39. The minimum atomic E-state index is -0.738. The number of aliphatic hydroxyl groups is 1. The molecule has 0 saturated carbocycles. The minimum absolute atomic E-state index is 0.0540. The standard InChI is InChI=1S/C24H29N3O4/c1-16(2)15-31-18-10-8-17(9-11-18)22(28)20-21(19-7-5-6-12-25-19)27(14-13-26(3)4)24(30)23(20)29/h5-12,16,21,28H,13-15H2,1-4H3/b22-20-. The highest BCUT2D eigenvalue weighted by molar-refractivity contribution is 6.46. The maximum atomic E-state index is 12.9. The van der Waals surface area contributed by atoms with Crippen LogP contribution in [0.2, 0.25) is 0 Å². The third kappa shape index (κ3) is 5.11. The van der Waals surface area contributed by atoms with Crippen LogP contribution in [-0.4, -0.2) is 65.4 Å². The number of ether oxygens (including phenoxy) is 1. The molecular formula is C24H29N3O4. The largest absolute Gasteiger partial charge is 0.507 e. The van der Waals surface area contributed by atoms with Gasteiger partial charge in [-0.2, -0.15) is 0 Å². The Balaban J connectivity index is 2.00. The summed E-state index contributed by atoms with van der Waals surface area (Å²) >= 11 is 0. The van der Waals surface area contributed by atoms with Crippen LogP contribution in [0.3, 0.4) is 0 Å². The molecule has 1 fully saturated rings. The van der Waals surface area contributed by atoms with Crippen molar-refractivity contribution in [3.05, 3.63) is 65.5 Å². The molecule has 0 bridgehead atoms. The molecule has 7 nitrogen and oxygen atoms in total. The molecule has 3 rings (SSSR count). The lowest BCUT2D eigenvalue weighted by molar-refractivity contribution is -0.140. The summed E-state index contributed by atoms with van der Waals surface area (Å²) in [6.07, 6.45) is 1.61. The molecule has 31 heavy (non-hydrogen) atoms. The summed E-state index contributed by atoms with van der Waals surface area (Å²) < 4.78 is 5.69. The predicted molar refractivity (Wildman–Crippen MR) is 119 cm³/mol. The van der Waals surface area contributed by atoms with Crippen molar-refractivity contribution in [3.63, 3.8) is 0 Å². The van der Waals surface area contributed by atoms with Crippen molar-refractivity contribution in [1.82, 2.24) is 14.8 Å². The van der Waals surface area contributed by atoms with Crippen LogP contribution in [0.25, 0.3) is 5.76 Å². The van der Waals surface area contributed by atoms with E-state index in [9.17, 15) is 14.7 Å². The first kappa shape index (κ1) is 22.5. The monoisotopic (exact) mass is 423 g/mol. The number of aromatic nitrogens is 1. The van der Waals surface area contributed by atoms with Crippen molar-refractivity contribution < 1.29 is 19.4 Å². The first-order valence-electron chi connectivity index (χ1n) is 10.4. The summed E-state index contributed by atoms with van der Waals surface area (Å²) in [7, 11) is 3.80. The van der Waals surface area contributed by atoms with Crippen molar-refractivity contribution in [2.45, 2.75) is 19.9 Å². The van der Waals surface area contributed by atoms with Crippen LogP contribution in [0.15, 0.2) is 54.2 Å². The van der Waals surface area contributed by atoms with Gasteiger partial charge in [-0.25, -0.2) is 0 Å². The number of Topliss-reactive ketones (excluding diaryl/α,β-unsaturated/α-hetero) is 1. The average Bonchev–Trinajstić information content (AvgIpc) is 3.01. The van der Waals surface area contributed by atoms with Gasteiger partial charge < -0.3 is 19.6 Å². The van der Waals surface area contributed by atoms with E-state index in [1.165, 1.54) is 4.90 Å². The number of amides is 1. The van der Waals surface area contributed by atoms with Gasteiger partial charge in [0, 0.05) is 24.8 Å². The normalized spacial score (nSPS) is 18.3. The number of aliphatic hydroxyl groups excluding tert-OH is 1. The van der Waals surface area contributed by atoms with Gasteiger partial charge in [0.1, 0.15) is 17.6 Å². The van der Waals surface area contributed by atoms with Crippen LogP contribution >= 0.6 is 0 Å². The van der Waals surface area contributed by atoms with E-state index in [1.54, 1.807) is 48.7 Å². The maximum Gasteiger partial charge on any atom is 0.295 e. The van der Waals surface area contributed by atoms with Gasteiger partial charge in [0.05, 0.1) is 17.9 Å². The van der Waals surface area contributed by atoms with Crippen molar-refractivity contribution in [3.8, 4) is 5.75 Å². The summed E-state index contributed by atoms with van der Waals surface area (Å²) in [5.41, 5.74) is 1.04.